The topological polar surface area (TPSA) is 63.4 Å². The first-order valence-electron chi connectivity index (χ1n) is 6.37. The van der Waals surface area contributed by atoms with Crippen LogP contribution in [0.3, 0.4) is 0 Å². The summed E-state index contributed by atoms with van der Waals surface area (Å²) in [6.45, 7) is 0.476. The Labute approximate surface area is 119 Å². The molecule has 0 aromatic heterocycles. The van der Waals surface area contributed by atoms with Crippen LogP contribution in [0.5, 0.6) is 0 Å². The predicted molar refractivity (Wildman–Crippen MR) is 82.6 cm³/mol. The third-order valence-corrected chi connectivity index (χ3v) is 4.02. The van der Waals surface area contributed by atoms with Gasteiger partial charge >= 0.3 is 0 Å². The zero-order chi connectivity index (χ0) is 14.6. The number of hydrogen-bond donors (Lipinski definition) is 1. The molecule has 0 radical (unpaired) electrons. The van der Waals surface area contributed by atoms with E-state index in [9.17, 15) is 8.42 Å². The predicted octanol–water partition coefficient (Wildman–Crippen LogP) is 2.29. The van der Waals surface area contributed by atoms with Crippen molar-refractivity contribution in [3.63, 3.8) is 0 Å². The molecule has 20 heavy (non-hydrogen) atoms. The normalized spacial score (nSPS) is 11.3. The lowest BCUT2D eigenvalue weighted by Crippen LogP contribution is -2.26. The fourth-order valence-corrected chi connectivity index (χ4v) is 3.19. The molecule has 2 rings (SSSR count). The van der Waals surface area contributed by atoms with Crippen molar-refractivity contribution >= 4 is 21.4 Å². The molecule has 0 aliphatic rings. The van der Waals surface area contributed by atoms with Crippen molar-refractivity contribution in [2.75, 3.05) is 17.1 Å². The molecule has 0 unspecified atom stereocenters. The first-order valence-corrected chi connectivity index (χ1v) is 8.22. The summed E-state index contributed by atoms with van der Waals surface area (Å²) in [5.41, 5.74) is 7.81. The zero-order valence-electron chi connectivity index (χ0n) is 11.4. The molecule has 0 spiro atoms. The number of hydrogen-bond acceptors (Lipinski definition) is 3. The van der Waals surface area contributed by atoms with Gasteiger partial charge in [0.2, 0.25) is 10.0 Å². The van der Waals surface area contributed by atoms with Crippen LogP contribution in [0.4, 0.5) is 11.4 Å². The van der Waals surface area contributed by atoms with Crippen LogP contribution in [0.15, 0.2) is 54.6 Å². The van der Waals surface area contributed by atoms with Gasteiger partial charge < -0.3 is 5.73 Å². The second-order valence-electron chi connectivity index (χ2n) is 4.53. The van der Waals surface area contributed by atoms with Crippen molar-refractivity contribution in [1.82, 2.24) is 0 Å². The number of sulfonamides is 1. The maximum atomic E-state index is 12.2. The van der Waals surface area contributed by atoms with Gasteiger partial charge in [-0.25, -0.2) is 12.7 Å². The second-order valence-corrected chi connectivity index (χ2v) is 6.36. The van der Waals surface area contributed by atoms with Crippen molar-refractivity contribution in [2.45, 2.75) is 6.42 Å². The first-order chi connectivity index (χ1) is 9.54. The summed E-state index contributed by atoms with van der Waals surface area (Å²) in [5.74, 6) is 0. The Morgan fingerprint density at radius 2 is 1.60 bits per heavy atom. The number of benzene rings is 2. The van der Waals surface area contributed by atoms with Gasteiger partial charge in [-0.3, -0.25) is 0 Å². The van der Waals surface area contributed by atoms with Gasteiger partial charge in [-0.05, 0) is 36.7 Å². The van der Waals surface area contributed by atoms with Crippen molar-refractivity contribution in [3.8, 4) is 0 Å². The molecular weight excluding hydrogens is 272 g/mol. The molecular formula is C15H18N2O2S. The van der Waals surface area contributed by atoms with Crippen molar-refractivity contribution in [1.29, 1.82) is 0 Å². The molecule has 5 heteroatoms. The molecule has 0 saturated carbocycles. The number of nitrogens with two attached hydrogens (primary N) is 1. The summed E-state index contributed by atoms with van der Waals surface area (Å²) in [6.07, 6.45) is 1.84. The average Bonchev–Trinajstić information content (AvgIpc) is 2.41. The number of rotatable bonds is 5. The Morgan fingerprint density at radius 3 is 2.20 bits per heavy atom. The third-order valence-electron chi connectivity index (χ3n) is 2.95. The molecule has 0 aliphatic carbocycles. The van der Waals surface area contributed by atoms with Gasteiger partial charge in [0.1, 0.15) is 0 Å². The summed E-state index contributed by atoms with van der Waals surface area (Å²) in [6, 6.07) is 16.5. The lowest BCUT2D eigenvalue weighted by Gasteiger charge is -2.25. The van der Waals surface area contributed by atoms with E-state index < -0.39 is 10.0 Å². The van der Waals surface area contributed by atoms with E-state index in [1.165, 1.54) is 10.6 Å². The molecule has 2 aromatic rings. The largest absolute Gasteiger partial charge is 0.330 e. The Kier molecular flexibility index (Phi) is 4.42. The Bertz CT molecular complexity index is 669. The molecule has 0 amide bonds. The van der Waals surface area contributed by atoms with Crippen LogP contribution < -0.4 is 10.0 Å². The molecule has 106 valence electrons. The van der Waals surface area contributed by atoms with Crippen LogP contribution in [0, 0.1) is 0 Å². The monoisotopic (exact) mass is 290 g/mol. The van der Waals surface area contributed by atoms with E-state index >= 15 is 0 Å². The minimum Gasteiger partial charge on any atom is -0.330 e. The minimum atomic E-state index is -3.42. The molecule has 4 nitrogen and oxygen atoms in total. The average molecular weight is 290 g/mol. The van der Waals surface area contributed by atoms with Gasteiger partial charge in [-0.2, -0.15) is 0 Å². The lowest BCUT2D eigenvalue weighted by molar-refractivity contribution is 0.602. The Balaban J connectivity index is 2.60. The van der Waals surface area contributed by atoms with Crippen molar-refractivity contribution < 1.29 is 8.42 Å². The van der Waals surface area contributed by atoms with Crippen LogP contribution in [0.25, 0.3) is 0 Å². The highest BCUT2D eigenvalue weighted by Gasteiger charge is 2.21. The highest BCUT2D eigenvalue weighted by Crippen LogP contribution is 2.31. The molecule has 0 bridgehead atoms. The van der Waals surface area contributed by atoms with E-state index in [0.29, 0.717) is 24.3 Å². The zero-order valence-corrected chi connectivity index (χ0v) is 12.2. The lowest BCUT2D eigenvalue weighted by atomic mass is 10.1. The first kappa shape index (κ1) is 14.6. The maximum absolute atomic E-state index is 12.2. The molecule has 0 atom stereocenters. The second kappa shape index (κ2) is 6.07. The molecule has 0 heterocycles. The van der Waals surface area contributed by atoms with E-state index in [-0.39, 0.29) is 0 Å². The van der Waals surface area contributed by atoms with E-state index in [0.717, 1.165) is 5.56 Å². The fraction of sp³-hybridized carbons (Fsp3) is 0.200. The summed E-state index contributed by atoms with van der Waals surface area (Å²) in [5, 5.41) is 0. The van der Waals surface area contributed by atoms with E-state index in [1.54, 1.807) is 18.2 Å². The SMILES string of the molecule is CS(=O)(=O)N(c1ccccc1)c1ccccc1CCN. The highest BCUT2D eigenvalue weighted by atomic mass is 32.2. The summed E-state index contributed by atoms with van der Waals surface area (Å²) in [4.78, 5) is 0. The van der Waals surface area contributed by atoms with Gasteiger partial charge in [0.05, 0.1) is 17.6 Å². The maximum Gasteiger partial charge on any atom is 0.236 e. The van der Waals surface area contributed by atoms with E-state index in [1.807, 2.05) is 36.4 Å². The molecule has 0 saturated heterocycles. The number of anilines is 2. The van der Waals surface area contributed by atoms with Gasteiger partial charge in [0.25, 0.3) is 0 Å². The summed E-state index contributed by atoms with van der Waals surface area (Å²) < 4.78 is 25.7. The van der Waals surface area contributed by atoms with Crippen LogP contribution >= 0.6 is 0 Å². The smallest absolute Gasteiger partial charge is 0.236 e. The van der Waals surface area contributed by atoms with Crippen LogP contribution in [0.1, 0.15) is 5.56 Å². The van der Waals surface area contributed by atoms with Crippen LogP contribution in [-0.2, 0) is 16.4 Å². The molecule has 0 fully saturated rings. The van der Waals surface area contributed by atoms with Crippen molar-refractivity contribution in [3.05, 3.63) is 60.2 Å². The van der Waals surface area contributed by atoms with E-state index in [2.05, 4.69) is 0 Å². The van der Waals surface area contributed by atoms with E-state index in [4.69, 9.17) is 5.73 Å². The summed E-state index contributed by atoms with van der Waals surface area (Å²) >= 11 is 0. The Hall–Kier alpha value is -1.85. The highest BCUT2D eigenvalue weighted by molar-refractivity contribution is 7.92. The van der Waals surface area contributed by atoms with Gasteiger partial charge in [-0.15, -0.1) is 0 Å². The van der Waals surface area contributed by atoms with Gasteiger partial charge in [0, 0.05) is 0 Å². The number of nitrogens with zero attached hydrogens (tertiary/aromatic N) is 1. The van der Waals surface area contributed by atoms with Gasteiger partial charge in [-0.1, -0.05) is 36.4 Å². The van der Waals surface area contributed by atoms with Crippen LogP contribution in [0.2, 0.25) is 0 Å². The van der Waals surface area contributed by atoms with Crippen molar-refractivity contribution in [2.24, 2.45) is 5.73 Å². The minimum absolute atomic E-state index is 0.476. The fourth-order valence-electron chi connectivity index (χ4n) is 2.15. The third kappa shape index (κ3) is 3.18. The summed E-state index contributed by atoms with van der Waals surface area (Å²) in [7, 11) is -3.42. The van der Waals surface area contributed by atoms with Crippen LogP contribution in [-0.4, -0.2) is 21.2 Å². The van der Waals surface area contributed by atoms with Gasteiger partial charge in [0.15, 0.2) is 0 Å². The molecule has 0 aliphatic heterocycles. The quantitative estimate of drug-likeness (QED) is 0.919. The number of para-hydroxylation sites is 2. The Morgan fingerprint density at radius 1 is 1.00 bits per heavy atom. The standard InChI is InChI=1S/C15H18N2O2S/c1-20(18,19)17(14-8-3-2-4-9-14)15-10-6-5-7-13(15)11-12-16/h2-10H,11-12,16H2,1H3. The molecule has 2 N–H and O–H groups in total. The molecule has 2 aromatic carbocycles.